The number of unbranched alkanes of at least 4 members (excludes halogenated alkanes) is 2. The molecular weight excluding hydrogens is 190 g/mol. The lowest BCUT2D eigenvalue weighted by molar-refractivity contribution is 0.615. The molecule has 0 rings (SSSR count). The highest BCUT2D eigenvalue weighted by Gasteiger charge is 2.06. The second kappa shape index (κ2) is 9.85. The molecule has 86 valence electrons. The van der Waals surface area contributed by atoms with Crippen LogP contribution in [0.3, 0.4) is 0 Å². The Morgan fingerprint density at radius 2 is 1.79 bits per heavy atom. The molecule has 0 radical (unpaired) electrons. The second-order valence-electron chi connectivity index (χ2n) is 4.08. The quantitative estimate of drug-likeness (QED) is 0.591. The van der Waals surface area contributed by atoms with Crippen LogP contribution in [0.5, 0.6) is 0 Å². The highest BCUT2D eigenvalue weighted by molar-refractivity contribution is 8.00. The Hall–Kier alpha value is 0.310. The predicted molar refractivity (Wildman–Crippen MR) is 69.2 cm³/mol. The van der Waals surface area contributed by atoms with E-state index >= 15 is 0 Å². The number of thioether (sulfide) groups is 1. The third kappa shape index (κ3) is 8.89. The molecule has 0 amide bonds. The van der Waals surface area contributed by atoms with Crippen LogP contribution < -0.4 is 5.32 Å². The average Bonchev–Trinajstić information content (AvgIpc) is 2.17. The van der Waals surface area contributed by atoms with Gasteiger partial charge in [0.25, 0.3) is 0 Å². The molecule has 0 spiro atoms. The van der Waals surface area contributed by atoms with Gasteiger partial charge in [0.05, 0.1) is 0 Å². The van der Waals surface area contributed by atoms with E-state index in [4.69, 9.17) is 0 Å². The molecule has 1 nitrogen and oxygen atoms in total. The monoisotopic (exact) mass is 217 g/mol. The van der Waals surface area contributed by atoms with Crippen molar-refractivity contribution in [2.75, 3.05) is 13.1 Å². The van der Waals surface area contributed by atoms with Crippen LogP contribution >= 0.6 is 11.8 Å². The topological polar surface area (TPSA) is 12.0 Å². The molecule has 2 unspecified atom stereocenters. The van der Waals surface area contributed by atoms with Gasteiger partial charge in [-0.1, -0.05) is 40.5 Å². The van der Waals surface area contributed by atoms with E-state index < -0.39 is 0 Å². The molecule has 0 saturated carbocycles. The van der Waals surface area contributed by atoms with E-state index in [1.54, 1.807) is 0 Å². The van der Waals surface area contributed by atoms with Crippen LogP contribution in [0.1, 0.15) is 53.4 Å². The van der Waals surface area contributed by atoms with E-state index in [0.717, 1.165) is 10.5 Å². The summed E-state index contributed by atoms with van der Waals surface area (Å²) in [6, 6.07) is 0. The average molecular weight is 217 g/mol. The van der Waals surface area contributed by atoms with Crippen molar-refractivity contribution in [1.29, 1.82) is 0 Å². The van der Waals surface area contributed by atoms with Crippen LogP contribution in [0.15, 0.2) is 0 Å². The fourth-order valence-corrected chi connectivity index (χ4v) is 2.55. The summed E-state index contributed by atoms with van der Waals surface area (Å²) in [7, 11) is 0. The van der Waals surface area contributed by atoms with Gasteiger partial charge >= 0.3 is 0 Å². The second-order valence-corrected chi connectivity index (χ2v) is 5.96. The Bertz CT molecular complexity index is 117. The van der Waals surface area contributed by atoms with E-state index in [0.29, 0.717) is 0 Å². The van der Waals surface area contributed by atoms with Crippen LogP contribution in [0.4, 0.5) is 0 Å². The summed E-state index contributed by atoms with van der Waals surface area (Å²) in [5.41, 5.74) is 0. The molecule has 0 bridgehead atoms. The molecule has 0 fully saturated rings. The van der Waals surface area contributed by atoms with E-state index in [1.165, 1.54) is 38.8 Å². The van der Waals surface area contributed by atoms with Crippen molar-refractivity contribution in [3.8, 4) is 0 Å². The molecule has 0 aromatic heterocycles. The van der Waals surface area contributed by atoms with Crippen LogP contribution in [0.25, 0.3) is 0 Å². The molecule has 0 aliphatic rings. The number of rotatable bonds is 9. The fourth-order valence-electron chi connectivity index (χ4n) is 1.35. The third-order valence-electron chi connectivity index (χ3n) is 2.43. The summed E-state index contributed by atoms with van der Waals surface area (Å²) in [5.74, 6) is 0. The molecule has 1 N–H and O–H groups in total. The maximum atomic E-state index is 3.53. The fraction of sp³-hybridized carbons (Fsp3) is 1.00. The Balaban J connectivity index is 3.22. The first-order valence-electron chi connectivity index (χ1n) is 6.06. The lowest BCUT2D eigenvalue weighted by Gasteiger charge is -2.16. The SMILES string of the molecule is CCCCCNCC(C)SC(C)CC. The van der Waals surface area contributed by atoms with Gasteiger partial charge in [-0.25, -0.2) is 0 Å². The molecule has 0 aromatic rings. The van der Waals surface area contributed by atoms with Gasteiger partial charge in [-0.3, -0.25) is 0 Å². The molecule has 2 heteroatoms. The van der Waals surface area contributed by atoms with Gasteiger partial charge in [0.1, 0.15) is 0 Å². The minimum Gasteiger partial charge on any atom is -0.316 e. The van der Waals surface area contributed by atoms with Gasteiger partial charge in [0.15, 0.2) is 0 Å². The van der Waals surface area contributed by atoms with E-state index in [9.17, 15) is 0 Å². The van der Waals surface area contributed by atoms with Crippen molar-refractivity contribution < 1.29 is 0 Å². The zero-order chi connectivity index (χ0) is 10.8. The third-order valence-corrected chi connectivity index (χ3v) is 3.86. The summed E-state index contributed by atoms with van der Waals surface area (Å²) < 4.78 is 0. The molecule has 0 aromatic carbocycles. The molecule has 0 heterocycles. The lowest BCUT2D eigenvalue weighted by atomic mass is 10.2. The maximum Gasteiger partial charge on any atom is 0.0146 e. The molecule has 0 saturated heterocycles. The van der Waals surface area contributed by atoms with Gasteiger partial charge in [-0.05, 0) is 19.4 Å². The minimum absolute atomic E-state index is 0.756. The van der Waals surface area contributed by atoms with Gasteiger partial charge in [-0.2, -0.15) is 11.8 Å². The number of nitrogens with one attached hydrogen (secondary N) is 1. The molecule has 0 aliphatic heterocycles. The Kier molecular flexibility index (Phi) is 10.1. The first-order chi connectivity index (χ1) is 6.70. The zero-order valence-corrected chi connectivity index (χ0v) is 11.1. The van der Waals surface area contributed by atoms with Crippen molar-refractivity contribution in [2.24, 2.45) is 0 Å². The first kappa shape index (κ1) is 14.3. The van der Waals surface area contributed by atoms with Gasteiger partial charge in [0.2, 0.25) is 0 Å². The molecule has 14 heavy (non-hydrogen) atoms. The Morgan fingerprint density at radius 3 is 2.36 bits per heavy atom. The van der Waals surface area contributed by atoms with Crippen LogP contribution in [0, 0.1) is 0 Å². The van der Waals surface area contributed by atoms with Crippen molar-refractivity contribution >= 4 is 11.8 Å². The molecule has 2 atom stereocenters. The summed E-state index contributed by atoms with van der Waals surface area (Å²) in [4.78, 5) is 0. The lowest BCUT2D eigenvalue weighted by Crippen LogP contribution is -2.24. The van der Waals surface area contributed by atoms with Crippen molar-refractivity contribution in [3.63, 3.8) is 0 Å². The van der Waals surface area contributed by atoms with Crippen molar-refractivity contribution in [3.05, 3.63) is 0 Å². The Labute approximate surface area is 94.4 Å². The number of hydrogen-bond acceptors (Lipinski definition) is 2. The number of hydrogen-bond donors (Lipinski definition) is 1. The highest BCUT2D eigenvalue weighted by atomic mass is 32.2. The summed E-state index contributed by atoms with van der Waals surface area (Å²) in [6.07, 6.45) is 5.29. The largest absolute Gasteiger partial charge is 0.316 e. The normalized spacial score (nSPS) is 15.4. The first-order valence-corrected chi connectivity index (χ1v) is 7.01. The maximum absolute atomic E-state index is 3.53. The summed E-state index contributed by atoms with van der Waals surface area (Å²) in [5, 5.41) is 5.09. The van der Waals surface area contributed by atoms with Crippen molar-refractivity contribution in [1.82, 2.24) is 5.32 Å². The molecule has 0 aliphatic carbocycles. The Morgan fingerprint density at radius 1 is 1.07 bits per heavy atom. The van der Waals surface area contributed by atoms with Gasteiger partial charge in [0, 0.05) is 17.0 Å². The smallest absolute Gasteiger partial charge is 0.0146 e. The molecular formula is C12H27NS. The van der Waals surface area contributed by atoms with Crippen LogP contribution in [0.2, 0.25) is 0 Å². The zero-order valence-electron chi connectivity index (χ0n) is 10.3. The van der Waals surface area contributed by atoms with E-state index in [1.807, 2.05) is 0 Å². The summed E-state index contributed by atoms with van der Waals surface area (Å²) >= 11 is 2.10. The standard InChI is InChI=1S/C12H27NS/c1-5-7-8-9-13-10-12(4)14-11(3)6-2/h11-13H,5-10H2,1-4H3. The van der Waals surface area contributed by atoms with E-state index in [-0.39, 0.29) is 0 Å². The van der Waals surface area contributed by atoms with Crippen LogP contribution in [-0.4, -0.2) is 23.6 Å². The highest BCUT2D eigenvalue weighted by Crippen LogP contribution is 2.18. The summed E-state index contributed by atoms with van der Waals surface area (Å²) in [6.45, 7) is 11.5. The predicted octanol–water partition coefficient (Wildman–Crippen LogP) is 3.69. The van der Waals surface area contributed by atoms with Crippen LogP contribution in [-0.2, 0) is 0 Å². The minimum atomic E-state index is 0.756. The van der Waals surface area contributed by atoms with Gasteiger partial charge in [-0.15, -0.1) is 0 Å². The van der Waals surface area contributed by atoms with Crippen molar-refractivity contribution in [2.45, 2.75) is 63.9 Å². The van der Waals surface area contributed by atoms with Gasteiger partial charge < -0.3 is 5.32 Å². The van der Waals surface area contributed by atoms with E-state index in [2.05, 4.69) is 44.8 Å².